The van der Waals surface area contributed by atoms with Crippen molar-refractivity contribution in [3.8, 4) is 5.75 Å². The SMILES string of the molecule is O=C1CCc2cc(OCCN3CCC(=Cc4ccc5ccccc5n4)CC3)ccc2N1. The molecule has 3 aromatic rings. The molecule has 158 valence electrons. The maximum Gasteiger partial charge on any atom is 0.224 e. The molecule has 0 aliphatic carbocycles. The molecule has 1 saturated heterocycles. The van der Waals surface area contributed by atoms with Crippen LogP contribution < -0.4 is 10.1 Å². The zero-order valence-corrected chi connectivity index (χ0v) is 17.6. The fourth-order valence-electron chi connectivity index (χ4n) is 4.32. The van der Waals surface area contributed by atoms with Gasteiger partial charge in [-0.1, -0.05) is 29.8 Å². The molecule has 1 amide bonds. The second-order valence-electron chi connectivity index (χ2n) is 8.29. The summed E-state index contributed by atoms with van der Waals surface area (Å²) in [6.45, 7) is 3.71. The molecule has 2 aliphatic heterocycles. The third-order valence-electron chi connectivity index (χ3n) is 6.12. The van der Waals surface area contributed by atoms with Crippen molar-refractivity contribution in [2.45, 2.75) is 25.7 Å². The molecule has 0 spiro atoms. The van der Waals surface area contributed by atoms with Gasteiger partial charge in [-0.05, 0) is 61.2 Å². The Hall–Kier alpha value is -3.18. The summed E-state index contributed by atoms with van der Waals surface area (Å²) in [6, 6.07) is 18.5. The number of likely N-dealkylation sites (tertiary alicyclic amines) is 1. The van der Waals surface area contributed by atoms with Crippen LogP contribution in [0.25, 0.3) is 17.0 Å². The van der Waals surface area contributed by atoms with Crippen LogP contribution in [-0.4, -0.2) is 42.0 Å². The molecule has 2 aromatic carbocycles. The predicted octanol–water partition coefficient (Wildman–Crippen LogP) is 4.68. The molecule has 2 aliphatic rings. The molecule has 0 unspecified atom stereocenters. The number of hydrogen-bond acceptors (Lipinski definition) is 4. The van der Waals surface area contributed by atoms with Gasteiger partial charge in [0.25, 0.3) is 0 Å². The van der Waals surface area contributed by atoms with E-state index < -0.39 is 0 Å². The number of aryl methyl sites for hydroxylation is 1. The van der Waals surface area contributed by atoms with E-state index in [4.69, 9.17) is 9.72 Å². The maximum absolute atomic E-state index is 11.5. The van der Waals surface area contributed by atoms with Gasteiger partial charge in [0.2, 0.25) is 5.91 Å². The molecular weight excluding hydrogens is 386 g/mol. The Morgan fingerprint density at radius 2 is 1.87 bits per heavy atom. The van der Waals surface area contributed by atoms with Gasteiger partial charge in [0, 0.05) is 37.1 Å². The first-order chi connectivity index (χ1) is 15.2. The van der Waals surface area contributed by atoms with Crippen LogP contribution >= 0.6 is 0 Å². The number of carbonyl (C=O) groups is 1. The van der Waals surface area contributed by atoms with E-state index in [1.807, 2.05) is 24.3 Å². The number of hydrogen-bond donors (Lipinski definition) is 1. The standard InChI is InChI=1S/C26H27N3O2/c30-26-10-6-21-18-23(8-9-25(21)28-26)31-16-15-29-13-11-19(12-14-29)17-22-7-5-20-3-1-2-4-24(20)27-22/h1-5,7-9,17-18H,6,10-16H2,(H,28,30). The number of amides is 1. The van der Waals surface area contributed by atoms with Crippen molar-refractivity contribution < 1.29 is 9.53 Å². The minimum Gasteiger partial charge on any atom is -0.492 e. The van der Waals surface area contributed by atoms with Gasteiger partial charge in [-0.2, -0.15) is 0 Å². The molecule has 0 saturated carbocycles. The third kappa shape index (κ3) is 4.78. The highest BCUT2D eigenvalue weighted by Crippen LogP contribution is 2.27. The summed E-state index contributed by atoms with van der Waals surface area (Å²) in [4.78, 5) is 18.7. The number of benzene rings is 2. The number of rotatable bonds is 5. The highest BCUT2D eigenvalue weighted by Gasteiger charge is 2.16. The summed E-state index contributed by atoms with van der Waals surface area (Å²) in [5.41, 5.74) is 5.65. The molecule has 0 radical (unpaired) electrons. The van der Waals surface area contributed by atoms with Crippen LogP contribution in [0.15, 0.2) is 60.2 Å². The fourth-order valence-corrected chi connectivity index (χ4v) is 4.32. The number of para-hydroxylation sites is 1. The monoisotopic (exact) mass is 413 g/mol. The van der Waals surface area contributed by atoms with E-state index in [9.17, 15) is 4.79 Å². The molecule has 1 aromatic heterocycles. The minimum atomic E-state index is 0.0936. The number of pyridine rings is 1. The smallest absolute Gasteiger partial charge is 0.224 e. The number of anilines is 1. The van der Waals surface area contributed by atoms with Crippen LogP contribution in [0, 0.1) is 0 Å². The van der Waals surface area contributed by atoms with Crippen molar-refractivity contribution in [3.05, 3.63) is 71.4 Å². The molecule has 1 fully saturated rings. The van der Waals surface area contributed by atoms with Crippen LogP contribution in [-0.2, 0) is 11.2 Å². The van der Waals surface area contributed by atoms with E-state index in [0.29, 0.717) is 13.0 Å². The van der Waals surface area contributed by atoms with Gasteiger partial charge < -0.3 is 10.1 Å². The first-order valence-corrected chi connectivity index (χ1v) is 11.1. The van der Waals surface area contributed by atoms with Crippen molar-refractivity contribution in [2.24, 2.45) is 0 Å². The lowest BCUT2D eigenvalue weighted by Crippen LogP contribution is -2.34. The minimum absolute atomic E-state index is 0.0936. The van der Waals surface area contributed by atoms with Crippen LogP contribution in [0.4, 0.5) is 5.69 Å². The van der Waals surface area contributed by atoms with Gasteiger partial charge in [-0.15, -0.1) is 0 Å². The number of ether oxygens (including phenoxy) is 1. The van der Waals surface area contributed by atoms with Gasteiger partial charge in [0.05, 0.1) is 11.2 Å². The summed E-state index contributed by atoms with van der Waals surface area (Å²) >= 11 is 0. The van der Waals surface area contributed by atoms with Gasteiger partial charge >= 0.3 is 0 Å². The molecule has 1 N–H and O–H groups in total. The summed E-state index contributed by atoms with van der Waals surface area (Å²) in [6.07, 6.45) is 5.74. The van der Waals surface area contributed by atoms with Crippen LogP contribution in [0.2, 0.25) is 0 Å². The Morgan fingerprint density at radius 1 is 1.00 bits per heavy atom. The normalized spacial score (nSPS) is 16.6. The molecule has 5 nitrogen and oxygen atoms in total. The lowest BCUT2D eigenvalue weighted by atomic mass is 10.0. The van der Waals surface area contributed by atoms with Crippen LogP contribution in [0.3, 0.4) is 0 Å². The zero-order chi connectivity index (χ0) is 21.0. The van der Waals surface area contributed by atoms with Crippen LogP contribution in [0.1, 0.15) is 30.5 Å². The van der Waals surface area contributed by atoms with Crippen LogP contribution in [0.5, 0.6) is 5.75 Å². The second-order valence-corrected chi connectivity index (χ2v) is 8.29. The Bertz CT molecular complexity index is 1130. The average molecular weight is 414 g/mol. The molecule has 0 atom stereocenters. The van der Waals surface area contributed by atoms with E-state index in [2.05, 4.69) is 46.6 Å². The summed E-state index contributed by atoms with van der Waals surface area (Å²) < 4.78 is 5.99. The first-order valence-electron chi connectivity index (χ1n) is 11.1. The molecule has 5 rings (SSSR count). The van der Waals surface area contributed by atoms with E-state index >= 15 is 0 Å². The van der Waals surface area contributed by atoms with Crippen molar-refractivity contribution >= 4 is 28.6 Å². The highest BCUT2D eigenvalue weighted by atomic mass is 16.5. The quantitative estimate of drug-likeness (QED) is 0.660. The Morgan fingerprint density at radius 3 is 2.77 bits per heavy atom. The number of nitrogens with zero attached hydrogens (tertiary/aromatic N) is 2. The summed E-state index contributed by atoms with van der Waals surface area (Å²) in [5.74, 6) is 0.978. The second kappa shape index (κ2) is 8.90. The maximum atomic E-state index is 11.5. The topological polar surface area (TPSA) is 54.5 Å². The van der Waals surface area contributed by atoms with Gasteiger partial charge in [0.1, 0.15) is 12.4 Å². The van der Waals surface area contributed by atoms with Crippen molar-refractivity contribution in [1.29, 1.82) is 0 Å². The van der Waals surface area contributed by atoms with Crippen molar-refractivity contribution in [3.63, 3.8) is 0 Å². The molecule has 5 heteroatoms. The number of piperidine rings is 1. The summed E-state index contributed by atoms with van der Waals surface area (Å²) in [7, 11) is 0. The predicted molar refractivity (Wildman–Crippen MR) is 124 cm³/mol. The number of fused-ring (bicyclic) bond motifs is 2. The highest BCUT2D eigenvalue weighted by molar-refractivity contribution is 5.94. The van der Waals surface area contributed by atoms with E-state index in [0.717, 1.165) is 67.1 Å². The lowest BCUT2D eigenvalue weighted by molar-refractivity contribution is -0.116. The van der Waals surface area contributed by atoms with Crippen molar-refractivity contribution in [2.75, 3.05) is 31.6 Å². The molecule has 0 bridgehead atoms. The van der Waals surface area contributed by atoms with Gasteiger partial charge in [-0.25, -0.2) is 4.98 Å². The number of carbonyl (C=O) groups excluding carboxylic acids is 1. The Kier molecular flexibility index (Phi) is 5.67. The number of aromatic nitrogens is 1. The first kappa shape index (κ1) is 19.8. The largest absolute Gasteiger partial charge is 0.492 e. The van der Waals surface area contributed by atoms with Gasteiger partial charge in [0.15, 0.2) is 0 Å². The average Bonchev–Trinajstić information content (AvgIpc) is 2.80. The van der Waals surface area contributed by atoms with E-state index in [1.54, 1.807) is 0 Å². The van der Waals surface area contributed by atoms with E-state index in [-0.39, 0.29) is 5.91 Å². The van der Waals surface area contributed by atoms with Crippen molar-refractivity contribution in [1.82, 2.24) is 9.88 Å². The number of nitrogens with one attached hydrogen (secondary N) is 1. The van der Waals surface area contributed by atoms with Gasteiger partial charge in [-0.3, -0.25) is 9.69 Å². The Labute approximate surface area is 182 Å². The molecular formula is C26H27N3O2. The molecule has 3 heterocycles. The Balaban J connectivity index is 1.11. The van der Waals surface area contributed by atoms with E-state index in [1.165, 1.54) is 11.0 Å². The molecule has 31 heavy (non-hydrogen) atoms. The fraction of sp³-hybridized carbons (Fsp3) is 0.308. The lowest BCUT2D eigenvalue weighted by Gasteiger charge is -2.28. The summed E-state index contributed by atoms with van der Waals surface area (Å²) in [5, 5.41) is 4.10. The third-order valence-corrected chi connectivity index (χ3v) is 6.12. The zero-order valence-electron chi connectivity index (χ0n) is 17.6.